The Balaban J connectivity index is 0.00000162. The highest BCUT2D eigenvalue weighted by Crippen LogP contribution is 2.34. The summed E-state index contributed by atoms with van der Waals surface area (Å²) in [4.78, 5) is 0. The third-order valence-corrected chi connectivity index (χ3v) is 3.56. The molecule has 1 atom stereocenters. The highest BCUT2D eigenvalue weighted by atomic mass is 35.5. The number of methoxy groups -OCH3 is 1. The van der Waals surface area contributed by atoms with Crippen molar-refractivity contribution in [2.75, 3.05) is 20.3 Å². The topological polar surface area (TPSA) is 44.5 Å². The minimum absolute atomic E-state index is 0. The zero-order valence-corrected chi connectivity index (χ0v) is 12.0. The third-order valence-electron chi connectivity index (χ3n) is 3.32. The zero-order chi connectivity index (χ0) is 12.3. The van der Waals surface area contributed by atoms with Crippen LogP contribution in [0.25, 0.3) is 0 Å². The van der Waals surface area contributed by atoms with Gasteiger partial charge in [0.25, 0.3) is 0 Å². The van der Waals surface area contributed by atoms with E-state index < -0.39 is 0 Å². The van der Waals surface area contributed by atoms with Crippen molar-refractivity contribution in [1.82, 2.24) is 0 Å². The molecule has 102 valence electrons. The largest absolute Gasteiger partial charge is 0.496 e. The Morgan fingerprint density at radius 2 is 2.06 bits per heavy atom. The van der Waals surface area contributed by atoms with Gasteiger partial charge in [-0.2, -0.15) is 0 Å². The number of rotatable bonds is 3. The molecule has 0 radical (unpaired) electrons. The van der Waals surface area contributed by atoms with Gasteiger partial charge in [-0.3, -0.25) is 0 Å². The minimum atomic E-state index is -0.0347. The molecule has 0 unspecified atom stereocenters. The summed E-state index contributed by atoms with van der Waals surface area (Å²) in [5, 5.41) is 0.698. The lowest BCUT2D eigenvalue weighted by atomic mass is 9.87. The van der Waals surface area contributed by atoms with E-state index >= 15 is 0 Å². The van der Waals surface area contributed by atoms with Crippen LogP contribution in [-0.4, -0.2) is 20.3 Å². The van der Waals surface area contributed by atoms with Crippen molar-refractivity contribution in [3.8, 4) is 5.75 Å². The molecule has 18 heavy (non-hydrogen) atoms. The molecule has 0 bridgehead atoms. The monoisotopic (exact) mass is 291 g/mol. The van der Waals surface area contributed by atoms with Crippen LogP contribution in [0.1, 0.15) is 24.4 Å². The quantitative estimate of drug-likeness (QED) is 0.930. The molecule has 1 heterocycles. The van der Waals surface area contributed by atoms with Gasteiger partial charge in [-0.05, 0) is 37.0 Å². The van der Waals surface area contributed by atoms with Crippen molar-refractivity contribution >= 4 is 24.0 Å². The predicted molar refractivity (Wildman–Crippen MR) is 75.7 cm³/mol. The molecule has 0 aliphatic carbocycles. The number of ether oxygens (including phenoxy) is 2. The lowest BCUT2D eigenvalue weighted by molar-refractivity contribution is 0.0581. The predicted octanol–water partition coefficient (Wildman–Crippen LogP) is 3.20. The summed E-state index contributed by atoms with van der Waals surface area (Å²) >= 11 is 6.02. The molecule has 1 aromatic carbocycles. The first-order valence-electron chi connectivity index (χ1n) is 5.89. The molecule has 0 spiro atoms. The fourth-order valence-corrected chi connectivity index (χ4v) is 2.48. The van der Waals surface area contributed by atoms with Crippen LogP contribution in [0.3, 0.4) is 0 Å². The fourth-order valence-electron chi connectivity index (χ4n) is 2.29. The summed E-state index contributed by atoms with van der Waals surface area (Å²) in [7, 11) is 1.66. The molecular formula is C13H19Cl2NO2. The van der Waals surface area contributed by atoms with Gasteiger partial charge in [0.05, 0.1) is 7.11 Å². The molecule has 1 aromatic rings. The SMILES string of the molecule is COc1ccc(Cl)cc1[C@@H](N)C1CCOCC1.Cl. The molecule has 3 nitrogen and oxygen atoms in total. The minimum Gasteiger partial charge on any atom is -0.496 e. The van der Waals surface area contributed by atoms with Crippen LogP contribution in [0.15, 0.2) is 18.2 Å². The maximum atomic E-state index is 6.32. The van der Waals surface area contributed by atoms with Gasteiger partial charge in [-0.1, -0.05) is 11.6 Å². The lowest BCUT2D eigenvalue weighted by Gasteiger charge is -2.28. The van der Waals surface area contributed by atoms with Crippen LogP contribution in [0.5, 0.6) is 5.75 Å². The highest BCUT2D eigenvalue weighted by molar-refractivity contribution is 6.30. The number of halogens is 2. The molecule has 0 amide bonds. The maximum Gasteiger partial charge on any atom is 0.123 e. The summed E-state index contributed by atoms with van der Waals surface area (Å²) in [6, 6.07) is 5.56. The number of hydrogen-bond acceptors (Lipinski definition) is 3. The summed E-state index contributed by atoms with van der Waals surface area (Å²) < 4.78 is 10.7. The van der Waals surface area contributed by atoms with Crippen LogP contribution >= 0.6 is 24.0 Å². The Morgan fingerprint density at radius 3 is 2.67 bits per heavy atom. The van der Waals surface area contributed by atoms with Gasteiger partial charge in [-0.25, -0.2) is 0 Å². The molecule has 1 fully saturated rings. The Hall–Kier alpha value is -0.480. The third kappa shape index (κ3) is 3.51. The van der Waals surface area contributed by atoms with E-state index in [9.17, 15) is 0 Å². The Labute approximate surface area is 119 Å². The van der Waals surface area contributed by atoms with Crippen LogP contribution in [-0.2, 0) is 4.74 Å². The van der Waals surface area contributed by atoms with E-state index in [0.29, 0.717) is 10.9 Å². The van der Waals surface area contributed by atoms with Gasteiger partial charge >= 0.3 is 0 Å². The standard InChI is InChI=1S/C13H18ClNO2.ClH/c1-16-12-3-2-10(14)8-11(12)13(15)9-4-6-17-7-5-9;/h2-3,8-9,13H,4-7,15H2,1H3;1H/t13-;/m0./s1. The molecule has 1 saturated heterocycles. The van der Waals surface area contributed by atoms with E-state index in [-0.39, 0.29) is 18.4 Å². The van der Waals surface area contributed by atoms with E-state index in [4.69, 9.17) is 26.8 Å². The normalized spacial score (nSPS) is 17.9. The summed E-state index contributed by atoms with van der Waals surface area (Å²) in [5.74, 6) is 1.25. The van der Waals surface area contributed by atoms with E-state index in [1.807, 2.05) is 18.2 Å². The van der Waals surface area contributed by atoms with Crippen molar-refractivity contribution in [2.24, 2.45) is 11.7 Å². The van der Waals surface area contributed by atoms with Gasteiger partial charge in [0.1, 0.15) is 5.75 Å². The van der Waals surface area contributed by atoms with Crippen LogP contribution in [0, 0.1) is 5.92 Å². The number of benzene rings is 1. The van der Waals surface area contributed by atoms with Gasteiger partial charge in [0.15, 0.2) is 0 Å². The first-order valence-corrected chi connectivity index (χ1v) is 6.27. The molecule has 1 aliphatic heterocycles. The molecule has 0 aromatic heterocycles. The van der Waals surface area contributed by atoms with Crippen molar-refractivity contribution in [3.05, 3.63) is 28.8 Å². The second-order valence-corrected chi connectivity index (χ2v) is 4.80. The Bertz CT molecular complexity index is 381. The molecule has 5 heteroatoms. The van der Waals surface area contributed by atoms with Gasteiger partial charge in [0.2, 0.25) is 0 Å². The highest BCUT2D eigenvalue weighted by Gasteiger charge is 2.24. The average molecular weight is 292 g/mol. The lowest BCUT2D eigenvalue weighted by Crippen LogP contribution is -2.27. The van der Waals surface area contributed by atoms with E-state index in [1.165, 1.54) is 0 Å². The van der Waals surface area contributed by atoms with Crippen molar-refractivity contribution in [2.45, 2.75) is 18.9 Å². The summed E-state index contributed by atoms with van der Waals surface area (Å²) in [6.07, 6.45) is 1.99. The van der Waals surface area contributed by atoms with Crippen molar-refractivity contribution in [3.63, 3.8) is 0 Å². The maximum absolute atomic E-state index is 6.32. The second kappa shape index (κ2) is 7.19. The summed E-state index contributed by atoms with van der Waals surface area (Å²) in [5.41, 5.74) is 7.31. The first-order chi connectivity index (χ1) is 8.22. The van der Waals surface area contributed by atoms with Crippen LogP contribution in [0.2, 0.25) is 5.02 Å². The fraction of sp³-hybridized carbons (Fsp3) is 0.538. The van der Waals surface area contributed by atoms with E-state index in [0.717, 1.165) is 37.4 Å². The first kappa shape index (κ1) is 15.6. The molecule has 1 aliphatic rings. The van der Waals surface area contributed by atoms with Gasteiger partial charge in [0, 0.05) is 29.8 Å². The molecule has 2 N–H and O–H groups in total. The molecular weight excluding hydrogens is 273 g/mol. The molecule has 2 rings (SSSR count). The van der Waals surface area contributed by atoms with Gasteiger partial charge < -0.3 is 15.2 Å². The van der Waals surface area contributed by atoms with E-state index in [1.54, 1.807) is 7.11 Å². The average Bonchev–Trinajstić information content (AvgIpc) is 2.39. The number of nitrogens with two attached hydrogens (primary N) is 1. The van der Waals surface area contributed by atoms with Crippen molar-refractivity contribution in [1.29, 1.82) is 0 Å². The second-order valence-electron chi connectivity index (χ2n) is 4.36. The zero-order valence-electron chi connectivity index (χ0n) is 10.4. The Morgan fingerprint density at radius 1 is 1.39 bits per heavy atom. The smallest absolute Gasteiger partial charge is 0.123 e. The summed E-state index contributed by atoms with van der Waals surface area (Å²) in [6.45, 7) is 1.59. The molecule has 0 saturated carbocycles. The Kier molecular flexibility index (Phi) is 6.22. The van der Waals surface area contributed by atoms with Crippen molar-refractivity contribution < 1.29 is 9.47 Å². The number of hydrogen-bond donors (Lipinski definition) is 1. The van der Waals surface area contributed by atoms with E-state index in [2.05, 4.69) is 0 Å². The van der Waals surface area contributed by atoms with Crippen LogP contribution in [0.4, 0.5) is 0 Å². The van der Waals surface area contributed by atoms with Gasteiger partial charge in [-0.15, -0.1) is 12.4 Å². The van der Waals surface area contributed by atoms with Crippen LogP contribution < -0.4 is 10.5 Å².